The zero-order valence-corrected chi connectivity index (χ0v) is 11.8. The van der Waals surface area contributed by atoms with Crippen LogP contribution >= 0.6 is 0 Å². The van der Waals surface area contributed by atoms with Crippen molar-refractivity contribution in [1.82, 2.24) is 9.97 Å². The molecule has 1 aromatic heterocycles. The van der Waals surface area contributed by atoms with Crippen LogP contribution in [0.25, 0.3) is 0 Å². The van der Waals surface area contributed by atoms with Gasteiger partial charge in [-0.3, -0.25) is 0 Å². The van der Waals surface area contributed by atoms with E-state index in [2.05, 4.69) is 34.4 Å². The van der Waals surface area contributed by atoms with Gasteiger partial charge in [0, 0.05) is 13.1 Å². The maximum atomic E-state index is 13.7. The Balaban J connectivity index is 1.98. The van der Waals surface area contributed by atoms with E-state index < -0.39 is 0 Å². The number of nitrogens with zero attached hydrogens (tertiary/aromatic N) is 2. The fraction of sp³-hybridized carbons (Fsp3) is 0.714. The van der Waals surface area contributed by atoms with Crippen LogP contribution in [0.2, 0.25) is 0 Å². The highest BCUT2D eigenvalue weighted by Gasteiger charge is 2.34. The van der Waals surface area contributed by atoms with Gasteiger partial charge in [-0.15, -0.1) is 0 Å². The summed E-state index contributed by atoms with van der Waals surface area (Å²) in [7, 11) is 0. The van der Waals surface area contributed by atoms with Crippen LogP contribution in [0.1, 0.15) is 46.0 Å². The van der Waals surface area contributed by atoms with Gasteiger partial charge in [-0.2, -0.15) is 4.98 Å². The van der Waals surface area contributed by atoms with Crippen molar-refractivity contribution in [3.63, 3.8) is 0 Å². The maximum Gasteiger partial charge on any atom is 0.224 e. The molecule has 1 aliphatic rings. The molecule has 1 fully saturated rings. The van der Waals surface area contributed by atoms with Gasteiger partial charge >= 0.3 is 0 Å². The summed E-state index contributed by atoms with van der Waals surface area (Å²) < 4.78 is 13.7. The largest absolute Gasteiger partial charge is 0.367 e. The summed E-state index contributed by atoms with van der Waals surface area (Å²) in [6, 6.07) is 0. The summed E-state index contributed by atoms with van der Waals surface area (Å²) in [5, 5.41) is 6.23. The third-order valence-electron chi connectivity index (χ3n) is 4.07. The molecule has 0 saturated heterocycles. The maximum absolute atomic E-state index is 13.7. The molecule has 2 N–H and O–H groups in total. The van der Waals surface area contributed by atoms with E-state index in [9.17, 15) is 4.39 Å². The molecule has 1 aromatic rings. The van der Waals surface area contributed by atoms with Crippen LogP contribution in [-0.4, -0.2) is 23.1 Å². The summed E-state index contributed by atoms with van der Waals surface area (Å²) in [5.74, 6) is 0.422. The van der Waals surface area contributed by atoms with Crippen LogP contribution in [0, 0.1) is 11.2 Å². The second-order valence-corrected chi connectivity index (χ2v) is 5.38. The molecule has 0 aliphatic heterocycles. The average molecular weight is 266 g/mol. The van der Waals surface area contributed by atoms with E-state index in [0.717, 1.165) is 25.9 Å². The van der Waals surface area contributed by atoms with E-state index in [0.29, 0.717) is 17.2 Å². The van der Waals surface area contributed by atoms with E-state index in [1.165, 1.54) is 25.5 Å². The highest BCUT2D eigenvalue weighted by Crippen LogP contribution is 2.43. The smallest absolute Gasteiger partial charge is 0.224 e. The summed E-state index contributed by atoms with van der Waals surface area (Å²) >= 11 is 0. The van der Waals surface area contributed by atoms with E-state index in [1.54, 1.807) is 0 Å². The van der Waals surface area contributed by atoms with Gasteiger partial charge in [0.15, 0.2) is 11.6 Å². The van der Waals surface area contributed by atoms with Crippen LogP contribution in [-0.2, 0) is 0 Å². The highest BCUT2D eigenvalue weighted by molar-refractivity contribution is 5.41. The zero-order chi connectivity index (χ0) is 13.7. The number of hydrogen-bond acceptors (Lipinski definition) is 4. The van der Waals surface area contributed by atoms with E-state index in [1.807, 2.05) is 0 Å². The topological polar surface area (TPSA) is 49.8 Å². The SMILES string of the molecule is CCCNc1ncc(F)c(NCC2(CC)CCC2)n1. The van der Waals surface area contributed by atoms with Crippen molar-refractivity contribution in [3.05, 3.63) is 12.0 Å². The molecular formula is C14H23FN4. The molecule has 0 aromatic carbocycles. The third kappa shape index (κ3) is 3.33. The molecule has 19 heavy (non-hydrogen) atoms. The number of halogens is 1. The van der Waals surface area contributed by atoms with Crippen molar-refractivity contribution in [2.45, 2.75) is 46.0 Å². The third-order valence-corrected chi connectivity index (χ3v) is 4.07. The molecule has 0 amide bonds. The number of hydrogen-bond donors (Lipinski definition) is 2. The summed E-state index contributed by atoms with van der Waals surface area (Å²) in [5.41, 5.74) is 0.342. The molecular weight excluding hydrogens is 243 g/mol. The molecule has 5 heteroatoms. The predicted octanol–water partition coefficient (Wildman–Crippen LogP) is 3.43. The van der Waals surface area contributed by atoms with Crippen molar-refractivity contribution in [3.8, 4) is 0 Å². The minimum Gasteiger partial charge on any atom is -0.367 e. The quantitative estimate of drug-likeness (QED) is 0.794. The number of anilines is 2. The summed E-state index contributed by atoms with van der Waals surface area (Å²) in [4.78, 5) is 8.14. The minimum absolute atomic E-state index is 0.313. The minimum atomic E-state index is -0.382. The Hall–Kier alpha value is -1.39. The lowest BCUT2D eigenvalue weighted by Crippen LogP contribution is -2.36. The lowest BCUT2D eigenvalue weighted by molar-refractivity contribution is 0.144. The predicted molar refractivity (Wildman–Crippen MR) is 75.8 cm³/mol. The fourth-order valence-electron chi connectivity index (χ4n) is 2.42. The summed E-state index contributed by atoms with van der Waals surface area (Å²) in [6.45, 7) is 5.86. The fourth-order valence-corrected chi connectivity index (χ4v) is 2.42. The lowest BCUT2D eigenvalue weighted by Gasteiger charge is -2.41. The molecule has 1 heterocycles. The van der Waals surface area contributed by atoms with Crippen molar-refractivity contribution >= 4 is 11.8 Å². The first-order valence-electron chi connectivity index (χ1n) is 7.19. The second kappa shape index (κ2) is 6.17. The molecule has 0 atom stereocenters. The number of rotatable bonds is 7. The number of nitrogens with one attached hydrogen (secondary N) is 2. The highest BCUT2D eigenvalue weighted by atomic mass is 19.1. The Morgan fingerprint density at radius 2 is 2.11 bits per heavy atom. The number of aromatic nitrogens is 2. The first kappa shape index (κ1) is 14.0. The van der Waals surface area contributed by atoms with Crippen LogP contribution < -0.4 is 10.6 Å². The molecule has 106 valence electrons. The first-order valence-corrected chi connectivity index (χ1v) is 7.19. The Kier molecular flexibility index (Phi) is 4.56. The van der Waals surface area contributed by atoms with Gasteiger partial charge in [0.1, 0.15) is 0 Å². The Morgan fingerprint density at radius 1 is 1.32 bits per heavy atom. The van der Waals surface area contributed by atoms with Crippen LogP contribution in [0.3, 0.4) is 0 Å². The van der Waals surface area contributed by atoms with Crippen LogP contribution in [0.15, 0.2) is 6.20 Å². The normalized spacial score (nSPS) is 16.8. The van der Waals surface area contributed by atoms with Gasteiger partial charge < -0.3 is 10.6 Å². The van der Waals surface area contributed by atoms with Gasteiger partial charge in [0.05, 0.1) is 6.20 Å². The first-order chi connectivity index (χ1) is 9.19. The van der Waals surface area contributed by atoms with Gasteiger partial charge in [-0.1, -0.05) is 20.3 Å². The standard InChI is InChI=1S/C14H23FN4/c1-3-8-16-13-17-9-11(15)12(19-13)18-10-14(4-2)6-5-7-14/h9H,3-8,10H2,1-2H3,(H2,16,17,18,19). The van der Waals surface area contributed by atoms with Crippen molar-refractivity contribution in [2.75, 3.05) is 23.7 Å². The molecule has 1 aliphatic carbocycles. The van der Waals surface area contributed by atoms with Gasteiger partial charge in [0.2, 0.25) is 5.95 Å². The van der Waals surface area contributed by atoms with E-state index in [-0.39, 0.29) is 5.82 Å². The van der Waals surface area contributed by atoms with Crippen LogP contribution in [0.5, 0.6) is 0 Å². The van der Waals surface area contributed by atoms with E-state index in [4.69, 9.17) is 0 Å². The second-order valence-electron chi connectivity index (χ2n) is 5.38. The molecule has 0 unspecified atom stereocenters. The van der Waals surface area contributed by atoms with Crippen LogP contribution in [0.4, 0.5) is 16.2 Å². The van der Waals surface area contributed by atoms with Crippen molar-refractivity contribution < 1.29 is 4.39 Å². The zero-order valence-electron chi connectivity index (χ0n) is 11.8. The molecule has 1 saturated carbocycles. The molecule has 0 bridgehead atoms. The monoisotopic (exact) mass is 266 g/mol. The van der Waals surface area contributed by atoms with Crippen molar-refractivity contribution in [1.29, 1.82) is 0 Å². The molecule has 2 rings (SSSR count). The Morgan fingerprint density at radius 3 is 2.68 bits per heavy atom. The van der Waals surface area contributed by atoms with Crippen molar-refractivity contribution in [2.24, 2.45) is 5.41 Å². The summed E-state index contributed by atoms with van der Waals surface area (Å²) in [6.07, 6.45) is 7.09. The Bertz CT molecular complexity index is 412. The van der Waals surface area contributed by atoms with Gasteiger partial charge in [0.25, 0.3) is 0 Å². The Labute approximate surface area is 114 Å². The molecule has 4 nitrogen and oxygen atoms in total. The molecule has 0 radical (unpaired) electrons. The van der Waals surface area contributed by atoms with E-state index >= 15 is 0 Å². The lowest BCUT2D eigenvalue weighted by atomic mass is 9.67. The van der Waals surface area contributed by atoms with Gasteiger partial charge in [-0.25, -0.2) is 9.37 Å². The van der Waals surface area contributed by atoms with Gasteiger partial charge in [-0.05, 0) is 31.1 Å². The average Bonchev–Trinajstić information content (AvgIpc) is 2.38. The molecule has 0 spiro atoms.